The van der Waals surface area contributed by atoms with Crippen LogP contribution >= 0.6 is 11.6 Å². The number of rotatable bonds is 5. The fourth-order valence-electron chi connectivity index (χ4n) is 1.14. The first-order valence-corrected chi connectivity index (χ1v) is 7.84. The Morgan fingerprint density at radius 2 is 1.86 bits per heavy atom. The van der Waals surface area contributed by atoms with Crippen LogP contribution in [0, 0.1) is 0 Å². The molecule has 5 heteroatoms. The smallest absolute Gasteiger partial charge is 0.332 e. The van der Waals surface area contributed by atoms with Gasteiger partial charge in [-0.2, -0.15) is 0 Å². The first-order chi connectivity index (χ1) is 6.12. The third-order valence-electron chi connectivity index (χ3n) is 1.30. The third-order valence-corrected chi connectivity index (χ3v) is 3.49. The van der Waals surface area contributed by atoms with E-state index >= 15 is 0 Å². The molecule has 0 spiro atoms. The van der Waals surface area contributed by atoms with Crippen molar-refractivity contribution in [1.82, 2.24) is 0 Å². The predicted octanol–water partition coefficient (Wildman–Crippen LogP) is 2.68. The second-order valence-corrected chi connectivity index (χ2v) is 8.28. The number of carbonyl (C=O) groups excluding carboxylic acids is 1. The van der Waals surface area contributed by atoms with E-state index in [1.165, 1.54) is 0 Å². The predicted molar refractivity (Wildman–Crippen MR) is 59.7 cm³/mol. The summed E-state index contributed by atoms with van der Waals surface area (Å²) in [6.45, 7) is 10.2. The second-order valence-electron chi connectivity index (χ2n) is 4.57. The Bertz CT molecular complexity index is 199. The van der Waals surface area contributed by atoms with E-state index in [0.717, 1.165) is 0 Å². The van der Waals surface area contributed by atoms with Gasteiger partial charge in [0.15, 0.2) is 0 Å². The average molecular weight is 239 g/mol. The van der Waals surface area contributed by atoms with Gasteiger partial charge >= 0.3 is 8.56 Å². The summed E-state index contributed by atoms with van der Waals surface area (Å²) in [4.78, 5) is 10.5. The summed E-state index contributed by atoms with van der Waals surface area (Å²) < 4.78 is 11.3. The molecule has 0 saturated carbocycles. The highest BCUT2D eigenvalue weighted by Gasteiger charge is 2.30. The first-order valence-electron chi connectivity index (χ1n) is 4.65. The molecule has 0 saturated heterocycles. The molecule has 0 amide bonds. The van der Waals surface area contributed by atoms with Crippen LogP contribution in [0.2, 0.25) is 13.1 Å². The molecule has 0 bridgehead atoms. The van der Waals surface area contributed by atoms with E-state index in [2.05, 4.69) is 0 Å². The van der Waals surface area contributed by atoms with Crippen LogP contribution in [-0.4, -0.2) is 26.0 Å². The molecular weight excluding hydrogens is 220 g/mol. The van der Waals surface area contributed by atoms with Gasteiger partial charge in [-0.15, -0.1) is 0 Å². The first kappa shape index (κ1) is 14.1. The van der Waals surface area contributed by atoms with Crippen LogP contribution in [0.5, 0.6) is 0 Å². The van der Waals surface area contributed by atoms with Crippen LogP contribution in [0.1, 0.15) is 27.2 Å². The quantitative estimate of drug-likeness (QED) is 0.546. The second kappa shape index (κ2) is 5.26. The molecule has 0 rings (SSSR count). The summed E-state index contributed by atoms with van der Waals surface area (Å²) in [6, 6.07) is 0. The summed E-state index contributed by atoms with van der Waals surface area (Å²) in [5.41, 5.74) is -0.208. The van der Waals surface area contributed by atoms with Gasteiger partial charge in [-0.25, -0.2) is 0 Å². The van der Waals surface area contributed by atoms with Crippen molar-refractivity contribution in [2.75, 3.05) is 6.61 Å². The van der Waals surface area contributed by atoms with Crippen LogP contribution in [0.25, 0.3) is 0 Å². The van der Waals surface area contributed by atoms with Crippen molar-refractivity contribution in [3.63, 3.8) is 0 Å². The Morgan fingerprint density at radius 1 is 1.36 bits per heavy atom. The van der Waals surface area contributed by atoms with Crippen LogP contribution in [-0.2, 0) is 13.6 Å². The average Bonchev–Trinajstić information content (AvgIpc) is 1.78. The Kier molecular flexibility index (Phi) is 5.29. The van der Waals surface area contributed by atoms with E-state index in [1.54, 1.807) is 0 Å². The maximum atomic E-state index is 10.5. The van der Waals surface area contributed by atoms with Crippen molar-refractivity contribution in [3.8, 4) is 0 Å². The molecule has 0 aromatic rings. The molecule has 84 valence electrons. The fourth-order valence-corrected chi connectivity index (χ4v) is 3.35. The molecule has 0 N–H and O–H groups in total. The molecule has 0 aliphatic heterocycles. The van der Waals surface area contributed by atoms with E-state index in [0.29, 0.717) is 6.61 Å². The lowest BCUT2D eigenvalue weighted by Gasteiger charge is -2.31. The normalized spacial score (nSPS) is 13.0. The van der Waals surface area contributed by atoms with Crippen LogP contribution in [0.15, 0.2) is 0 Å². The Labute approximate surface area is 92.0 Å². The number of hydrogen-bond acceptors (Lipinski definition) is 3. The molecule has 0 radical (unpaired) electrons. The minimum Gasteiger partial charge on any atom is -0.394 e. The summed E-state index contributed by atoms with van der Waals surface area (Å²) in [6.07, 6.45) is 0.242. The van der Waals surface area contributed by atoms with E-state index < -0.39 is 8.56 Å². The standard InChI is InChI=1S/C9H19ClO3Si/c1-9(2,3)13-14(4,5)12-7-6-8(10)11/h6-7H2,1-5H3. The van der Waals surface area contributed by atoms with Crippen molar-refractivity contribution in [3.05, 3.63) is 0 Å². The molecular formula is C9H19ClO3Si. The summed E-state index contributed by atoms with van der Waals surface area (Å²) in [5, 5.41) is -0.370. The highest BCUT2D eigenvalue weighted by Crippen LogP contribution is 2.17. The maximum Gasteiger partial charge on any atom is 0.332 e. The molecule has 0 aromatic heterocycles. The van der Waals surface area contributed by atoms with Crippen molar-refractivity contribution in [1.29, 1.82) is 0 Å². The van der Waals surface area contributed by atoms with Gasteiger partial charge in [0, 0.05) is 13.0 Å². The monoisotopic (exact) mass is 238 g/mol. The van der Waals surface area contributed by atoms with Crippen molar-refractivity contribution >= 4 is 25.4 Å². The molecule has 3 nitrogen and oxygen atoms in total. The van der Waals surface area contributed by atoms with Crippen molar-refractivity contribution in [2.24, 2.45) is 0 Å². The Morgan fingerprint density at radius 3 is 2.21 bits per heavy atom. The molecule has 0 heterocycles. The lowest BCUT2D eigenvalue weighted by atomic mass is 10.2. The maximum absolute atomic E-state index is 10.5. The van der Waals surface area contributed by atoms with E-state index in [1.807, 2.05) is 33.9 Å². The number of hydrogen-bond donors (Lipinski definition) is 0. The van der Waals surface area contributed by atoms with Gasteiger partial charge in [0.1, 0.15) is 0 Å². The lowest BCUT2D eigenvalue weighted by Crippen LogP contribution is -2.42. The zero-order chi connectivity index (χ0) is 11.4. The molecule has 0 aliphatic carbocycles. The van der Waals surface area contributed by atoms with Crippen LogP contribution in [0.4, 0.5) is 0 Å². The molecule has 0 unspecified atom stereocenters. The molecule has 14 heavy (non-hydrogen) atoms. The minimum atomic E-state index is -2.12. The van der Waals surface area contributed by atoms with E-state index in [-0.39, 0.29) is 17.3 Å². The van der Waals surface area contributed by atoms with Gasteiger partial charge in [-0.1, -0.05) is 0 Å². The van der Waals surface area contributed by atoms with Gasteiger partial charge in [0.2, 0.25) is 5.24 Å². The topological polar surface area (TPSA) is 35.5 Å². The zero-order valence-corrected chi connectivity index (χ0v) is 11.3. The van der Waals surface area contributed by atoms with Crippen LogP contribution in [0.3, 0.4) is 0 Å². The lowest BCUT2D eigenvalue weighted by molar-refractivity contribution is -0.112. The van der Waals surface area contributed by atoms with Crippen molar-refractivity contribution < 1.29 is 13.6 Å². The van der Waals surface area contributed by atoms with Gasteiger partial charge in [-0.05, 0) is 45.5 Å². The molecule has 0 atom stereocenters. The van der Waals surface area contributed by atoms with E-state index in [9.17, 15) is 4.79 Å². The SMILES string of the molecule is CC(C)(C)O[Si](C)(C)OCCC(=O)Cl. The van der Waals surface area contributed by atoms with Gasteiger partial charge in [-0.3, -0.25) is 4.79 Å². The Balaban J connectivity index is 3.89. The molecule has 0 aliphatic rings. The highest BCUT2D eigenvalue weighted by molar-refractivity contribution is 6.65. The van der Waals surface area contributed by atoms with Crippen molar-refractivity contribution in [2.45, 2.75) is 45.9 Å². The summed E-state index contributed by atoms with van der Waals surface area (Å²) >= 11 is 5.20. The number of halogens is 1. The summed E-state index contributed by atoms with van der Waals surface area (Å²) in [5.74, 6) is 0. The zero-order valence-electron chi connectivity index (χ0n) is 9.52. The Hall–Kier alpha value is 0.0969. The highest BCUT2D eigenvalue weighted by atomic mass is 35.5. The van der Waals surface area contributed by atoms with Crippen LogP contribution < -0.4 is 0 Å². The van der Waals surface area contributed by atoms with Gasteiger partial charge < -0.3 is 8.85 Å². The largest absolute Gasteiger partial charge is 0.394 e. The minimum absolute atomic E-state index is 0.208. The number of carbonyl (C=O) groups is 1. The molecule has 0 fully saturated rings. The fraction of sp³-hybridized carbons (Fsp3) is 0.889. The third kappa shape index (κ3) is 8.68. The molecule has 0 aromatic carbocycles. The van der Waals surface area contributed by atoms with Gasteiger partial charge in [0.05, 0.1) is 5.60 Å². The van der Waals surface area contributed by atoms with E-state index in [4.69, 9.17) is 20.5 Å². The summed E-state index contributed by atoms with van der Waals surface area (Å²) in [7, 11) is -2.12. The van der Waals surface area contributed by atoms with Gasteiger partial charge in [0.25, 0.3) is 0 Å².